The molecule has 1 N–H and O–H groups in total. The van der Waals surface area contributed by atoms with Crippen molar-refractivity contribution in [2.75, 3.05) is 0 Å². The quantitative estimate of drug-likeness (QED) is 0.611. The van der Waals surface area contributed by atoms with Crippen LogP contribution in [-0.2, 0) is 0 Å². The lowest BCUT2D eigenvalue weighted by Crippen LogP contribution is -2.09. The molecular weight excluding hydrogens is 318 g/mol. The maximum absolute atomic E-state index is 12.5. The summed E-state index contributed by atoms with van der Waals surface area (Å²) in [5.41, 5.74) is 2.78. The minimum atomic E-state index is -0.120. The van der Waals surface area contributed by atoms with Gasteiger partial charge < -0.3 is 4.98 Å². The van der Waals surface area contributed by atoms with E-state index in [9.17, 15) is 4.79 Å². The number of nitrogens with zero attached hydrogens (tertiary/aromatic N) is 2. The molecule has 4 nitrogen and oxygen atoms in total. The second-order valence-electron chi connectivity index (χ2n) is 5.27. The summed E-state index contributed by atoms with van der Waals surface area (Å²) in [4.78, 5) is 24.7. The first-order valence-electron chi connectivity index (χ1n) is 7.46. The van der Waals surface area contributed by atoms with E-state index in [1.807, 2.05) is 53.9 Å². The normalized spacial score (nSPS) is 11.3. The van der Waals surface area contributed by atoms with Crippen molar-refractivity contribution in [3.8, 4) is 11.1 Å². The first kappa shape index (κ1) is 14.5. The van der Waals surface area contributed by atoms with Gasteiger partial charge in [0.2, 0.25) is 0 Å². The van der Waals surface area contributed by atoms with Gasteiger partial charge in [-0.3, -0.25) is 9.78 Å². The highest BCUT2D eigenvalue weighted by Crippen LogP contribution is 2.30. The van der Waals surface area contributed by atoms with Gasteiger partial charge in [0.05, 0.1) is 5.39 Å². The zero-order valence-corrected chi connectivity index (χ0v) is 13.5. The molecule has 0 atom stereocenters. The SMILES string of the molecule is O=c1[nH]c(/C=C/c2cccnc2)nc2scc(-c3ccccc3)c12. The van der Waals surface area contributed by atoms with Crippen LogP contribution in [0.1, 0.15) is 11.4 Å². The molecule has 0 spiro atoms. The number of fused-ring (bicyclic) bond motifs is 1. The zero-order valence-electron chi connectivity index (χ0n) is 12.6. The van der Waals surface area contributed by atoms with Gasteiger partial charge in [-0.2, -0.15) is 0 Å². The Hall–Kier alpha value is -3.05. The minimum absolute atomic E-state index is 0.120. The summed E-state index contributed by atoms with van der Waals surface area (Å²) >= 11 is 1.48. The number of hydrogen-bond acceptors (Lipinski definition) is 4. The van der Waals surface area contributed by atoms with E-state index in [4.69, 9.17) is 0 Å². The molecule has 0 fully saturated rings. The fourth-order valence-corrected chi connectivity index (χ4v) is 3.48. The van der Waals surface area contributed by atoms with Crippen LogP contribution in [-0.4, -0.2) is 15.0 Å². The van der Waals surface area contributed by atoms with E-state index in [1.165, 1.54) is 11.3 Å². The van der Waals surface area contributed by atoms with Crippen molar-refractivity contribution in [3.63, 3.8) is 0 Å². The highest BCUT2D eigenvalue weighted by atomic mass is 32.1. The fourth-order valence-electron chi connectivity index (χ4n) is 2.52. The second-order valence-corrected chi connectivity index (χ2v) is 6.12. The van der Waals surface area contributed by atoms with Gasteiger partial charge >= 0.3 is 0 Å². The highest BCUT2D eigenvalue weighted by Gasteiger charge is 2.11. The molecular formula is C19H13N3OS. The molecule has 5 heteroatoms. The monoisotopic (exact) mass is 331 g/mol. The maximum Gasteiger partial charge on any atom is 0.260 e. The van der Waals surface area contributed by atoms with Gasteiger partial charge in [-0.05, 0) is 29.3 Å². The molecule has 3 aromatic heterocycles. The minimum Gasteiger partial charge on any atom is -0.306 e. The van der Waals surface area contributed by atoms with E-state index >= 15 is 0 Å². The Kier molecular flexibility index (Phi) is 3.76. The van der Waals surface area contributed by atoms with E-state index < -0.39 is 0 Å². The third kappa shape index (κ3) is 2.77. The van der Waals surface area contributed by atoms with E-state index in [1.54, 1.807) is 18.5 Å². The number of hydrogen-bond donors (Lipinski definition) is 1. The number of rotatable bonds is 3. The molecule has 0 saturated carbocycles. The van der Waals surface area contributed by atoms with Gasteiger partial charge in [-0.25, -0.2) is 4.98 Å². The lowest BCUT2D eigenvalue weighted by Gasteiger charge is -1.99. The summed E-state index contributed by atoms with van der Waals surface area (Å²) in [6.07, 6.45) is 7.15. The van der Waals surface area contributed by atoms with Gasteiger partial charge in [0.1, 0.15) is 10.7 Å². The molecule has 0 saturated heterocycles. The van der Waals surface area contributed by atoms with Crippen LogP contribution in [0.25, 0.3) is 33.5 Å². The molecule has 0 aliphatic heterocycles. The molecule has 0 amide bonds. The Morgan fingerprint density at radius 3 is 2.71 bits per heavy atom. The van der Waals surface area contributed by atoms with Crippen LogP contribution >= 0.6 is 11.3 Å². The number of benzene rings is 1. The zero-order chi connectivity index (χ0) is 16.4. The van der Waals surface area contributed by atoms with Gasteiger partial charge in [-0.1, -0.05) is 36.4 Å². The van der Waals surface area contributed by atoms with Crippen LogP contribution in [0.3, 0.4) is 0 Å². The van der Waals surface area contributed by atoms with Crippen LogP contribution in [0.15, 0.2) is 65.0 Å². The third-order valence-electron chi connectivity index (χ3n) is 3.67. The molecule has 1 aromatic carbocycles. The summed E-state index contributed by atoms with van der Waals surface area (Å²) in [6.45, 7) is 0. The molecule has 0 bridgehead atoms. The molecule has 0 radical (unpaired) electrons. The van der Waals surface area contributed by atoms with E-state index in [2.05, 4.69) is 15.0 Å². The van der Waals surface area contributed by atoms with Crippen LogP contribution in [0.4, 0.5) is 0 Å². The van der Waals surface area contributed by atoms with Crippen molar-refractivity contribution in [1.29, 1.82) is 0 Å². The fraction of sp³-hybridized carbons (Fsp3) is 0. The van der Waals surface area contributed by atoms with Crippen molar-refractivity contribution in [2.24, 2.45) is 0 Å². The third-order valence-corrected chi connectivity index (χ3v) is 4.54. The Morgan fingerprint density at radius 2 is 1.92 bits per heavy atom. The van der Waals surface area contributed by atoms with Crippen LogP contribution in [0.2, 0.25) is 0 Å². The summed E-state index contributed by atoms with van der Waals surface area (Å²) < 4.78 is 0. The van der Waals surface area contributed by atoms with Crippen molar-refractivity contribution >= 4 is 33.7 Å². The number of nitrogens with one attached hydrogen (secondary N) is 1. The van der Waals surface area contributed by atoms with Crippen LogP contribution in [0, 0.1) is 0 Å². The molecule has 116 valence electrons. The van der Waals surface area contributed by atoms with Gasteiger partial charge in [0.25, 0.3) is 5.56 Å². The summed E-state index contributed by atoms with van der Waals surface area (Å²) in [6, 6.07) is 13.7. The van der Waals surface area contributed by atoms with Gasteiger partial charge in [-0.15, -0.1) is 11.3 Å². The van der Waals surface area contributed by atoms with Crippen LogP contribution in [0.5, 0.6) is 0 Å². The first-order valence-corrected chi connectivity index (χ1v) is 8.34. The molecule has 4 aromatic rings. The van der Waals surface area contributed by atoms with Crippen molar-refractivity contribution in [1.82, 2.24) is 15.0 Å². The molecule has 4 rings (SSSR count). The Balaban J connectivity index is 1.77. The largest absolute Gasteiger partial charge is 0.306 e. The Labute approximate surface area is 142 Å². The van der Waals surface area contributed by atoms with Crippen LogP contribution < -0.4 is 5.56 Å². The van der Waals surface area contributed by atoms with E-state index in [0.29, 0.717) is 11.2 Å². The first-order chi connectivity index (χ1) is 11.8. The van der Waals surface area contributed by atoms with Gasteiger partial charge in [0, 0.05) is 23.3 Å². The molecule has 0 unspecified atom stereocenters. The Morgan fingerprint density at radius 1 is 1.04 bits per heavy atom. The maximum atomic E-state index is 12.5. The number of thiophene rings is 1. The molecule has 24 heavy (non-hydrogen) atoms. The topological polar surface area (TPSA) is 58.6 Å². The summed E-state index contributed by atoms with van der Waals surface area (Å²) in [5, 5.41) is 2.63. The van der Waals surface area contributed by atoms with Crippen molar-refractivity contribution in [3.05, 3.63) is 82.0 Å². The summed E-state index contributed by atoms with van der Waals surface area (Å²) in [5.74, 6) is 0.540. The average molecular weight is 331 g/mol. The summed E-state index contributed by atoms with van der Waals surface area (Å²) in [7, 11) is 0. The molecule has 0 aliphatic carbocycles. The second kappa shape index (κ2) is 6.22. The number of pyridine rings is 1. The van der Waals surface area contributed by atoms with Crippen molar-refractivity contribution in [2.45, 2.75) is 0 Å². The van der Waals surface area contributed by atoms with E-state index in [-0.39, 0.29) is 5.56 Å². The molecule has 3 heterocycles. The highest BCUT2D eigenvalue weighted by molar-refractivity contribution is 7.17. The average Bonchev–Trinajstić information content (AvgIpc) is 3.06. The van der Waals surface area contributed by atoms with E-state index in [0.717, 1.165) is 21.5 Å². The number of aromatic nitrogens is 3. The molecule has 0 aliphatic rings. The van der Waals surface area contributed by atoms with Gasteiger partial charge in [0.15, 0.2) is 0 Å². The predicted molar refractivity (Wildman–Crippen MR) is 98.8 cm³/mol. The standard InChI is InChI=1S/C19H13N3OS/c23-18-17-15(14-6-2-1-3-7-14)12-24-19(17)22-16(21-18)9-8-13-5-4-10-20-11-13/h1-12H,(H,21,22,23)/b9-8+. The number of H-pyrrole nitrogens is 1. The van der Waals surface area contributed by atoms with Crippen molar-refractivity contribution < 1.29 is 0 Å². The Bertz CT molecular complexity index is 1070. The lowest BCUT2D eigenvalue weighted by molar-refractivity contribution is 1.15. The smallest absolute Gasteiger partial charge is 0.260 e. The number of aromatic amines is 1. The lowest BCUT2D eigenvalue weighted by atomic mass is 10.1. The predicted octanol–water partition coefficient (Wildman–Crippen LogP) is 4.22.